The first-order valence-corrected chi connectivity index (χ1v) is 8.39. The molecular weight excluding hydrogens is 341 g/mol. The number of rotatable bonds is 4. The second-order valence-corrected chi connectivity index (χ2v) is 6.67. The fourth-order valence-electron chi connectivity index (χ4n) is 3.15. The van der Waals surface area contributed by atoms with Gasteiger partial charge < -0.3 is 14.4 Å². The molecule has 6 radical (unpaired) electrons. The number of carbonyl (C=O) groups is 1. The maximum atomic E-state index is 12.4. The third kappa shape index (κ3) is 3.31. The highest BCUT2D eigenvalue weighted by Crippen LogP contribution is 2.34. The highest BCUT2D eigenvalue weighted by molar-refractivity contribution is 6.58. The van der Waals surface area contributed by atoms with Crippen molar-refractivity contribution in [2.24, 2.45) is 0 Å². The fourth-order valence-corrected chi connectivity index (χ4v) is 3.15. The van der Waals surface area contributed by atoms with E-state index in [1.54, 1.807) is 6.92 Å². The number of aromatic nitrogens is 3. The van der Waals surface area contributed by atoms with Gasteiger partial charge in [-0.2, -0.15) is 4.98 Å². The fraction of sp³-hybridized carbons (Fsp3) is 0.294. The smallest absolute Gasteiger partial charge is 0.290 e. The van der Waals surface area contributed by atoms with Gasteiger partial charge in [-0.05, 0) is 43.0 Å². The minimum Gasteiger partial charge on any atom is -0.351 e. The maximum absolute atomic E-state index is 12.4. The molecule has 0 fully saturated rings. The van der Waals surface area contributed by atoms with Crippen LogP contribution in [0.2, 0.25) is 0 Å². The number of nitrogens with zero attached hydrogens (tertiary/aromatic N) is 3. The van der Waals surface area contributed by atoms with Crippen molar-refractivity contribution in [3.05, 3.63) is 52.7 Å². The summed E-state index contributed by atoms with van der Waals surface area (Å²) in [6.45, 7) is 1.78. The molecule has 2 aromatic heterocycles. The molecule has 1 atom stereocenters. The van der Waals surface area contributed by atoms with E-state index in [0.717, 1.165) is 29.5 Å². The van der Waals surface area contributed by atoms with Crippen LogP contribution in [0.25, 0.3) is 11.5 Å². The minimum absolute atomic E-state index is 0.0190. The number of nitrogens with one attached hydrogen (secondary N) is 1. The summed E-state index contributed by atoms with van der Waals surface area (Å²) >= 11 is 0. The Balaban J connectivity index is 1.55. The molecule has 128 valence electrons. The molecule has 0 saturated carbocycles. The molecule has 1 aliphatic carbocycles. The first-order chi connectivity index (χ1) is 12.8. The van der Waals surface area contributed by atoms with E-state index in [-0.39, 0.29) is 29.4 Å². The molecule has 3 aromatic rings. The zero-order valence-electron chi connectivity index (χ0n) is 14.6. The number of hydrogen-bond donors (Lipinski definition) is 1. The van der Waals surface area contributed by atoms with E-state index < -0.39 is 5.11 Å². The first kappa shape index (κ1) is 17.6. The topological polar surface area (TPSA) is 94.1 Å². The van der Waals surface area contributed by atoms with Crippen LogP contribution in [0, 0.1) is 6.92 Å². The van der Waals surface area contributed by atoms with Crippen LogP contribution in [0.1, 0.15) is 45.5 Å². The summed E-state index contributed by atoms with van der Waals surface area (Å²) in [5.74, 6) is 0.250. The van der Waals surface area contributed by atoms with Gasteiger partial charge in [0.25, 0.3) is 11.8 Å². The van der Waals surface area contributed by atoms with E-state index in [0.29, 0.717) is 5.56 Å². The Hall–Kier alpha value is -2.77. The Labute approximate surface area is 159 Å². The summed E-state index contributed by atoms with van der Waals surface area (Å²) in [6, 6.07) is 5.62. The Kier molecular flexibility index (Phi) is 4.21. The van der Waals surface area contributed by atoms with Crippen molar-refractivity contribution in [1.29, 1.82) is 0 Å². The normalized spacial score (nSPS) is 16.3. The van der Waals surface area contributed by atoms with Crippen LogP contribution < -0.4 is 5.32 Å². The Bertz CT molecular complexity index is 1010. The van der Waals surface area contributed by atoms with Gasteiger partial charge in [0.1, 0.15) is 0 Å². The Morgan fingerprint density at radius 2 is 2.11 bits per heavy atom. The number of carbonyl (C=O) groups excluding carboxylic acids is 1. The van der Waals surface area contributed by atoms with Crippen LogP contribution in [-0.2, 0) is 11.5 Å². The van der Waals surface area contributed by atoms with E-state index >= 15 is 0 Å². The lowest BCUT2D eigenvalue weighted by Gasteiger charge is -2.13. The predicted molar refractivity (Wildman–Crippen MR) is 98.4 cm³/mol. The molecule has 0 saturated heterocycles. The van der Waals surface area contributed by atoms with Gasteiger partial charge in [-0.3, -0.25) is 4.79 Å². The summed E-state index contributed by atoms with van der Waals surface area (Å²) in [5, 5.41) is 8.68. The monoisotopic (exact) mass is 354 g/mol. The van der Waals surface area contributed by atoms with Gasteiger partial charge in [0, 0.05) is 11.1 Å². The molecule has 1 aliphatic rings. The molecule has 27 heavy (non-hydrogen) atoms. The van der Waals surface area contributed by atoms with Crippen LogP contribution in [0.5, 0.6) is 0 Å². The second-order valence-electron chi connectivity index (χ2n) is 6.67. The average molecular weight is 354 g/mol. The van der Waals surface area contributed by atoms with Crippen molar-refractivity contribution in [1.82, 2.24) is 20.6 Å². The van der Waals surface area contributed by atoms with Gasteiger partial charge in [-0.1, -0.05) is 21.5 Å². The largest absolute Gasteiger partial charge is 0.351 e. The minimum atomic E-state index is -1.66. The number of amides is 1. The average Bonchev–Trinajstić information content (AvgIpc) is 3.33. The quantitative estimate of drug-likeness (QED) is 0.705. The SMILES string of the molecule is [B]C([B])([B])c1noc(-c2ccc3c(c2)CC[C@H]3NC(=O)c2oncc2C)n1. The zero-order valence-corrected chi connectivity index (χ0v) is 14.6. The van der Waals surface area contributed by atoms with E-state index in [9.17, 15) is 4.79 Å². The standard InChI is InChI=1S/C17H13B3N4O3/c1-8-7-21-26-13(8)14(25)22-12-5-3-9-6-10(2-4-11(9)12)15-23-16(24-27-15)17(18,19)20/h2,4,6-7,12H,3,5H2,1H3,(H,22,25)/t12-/m1/s1. The molecular formula is C17H13B3N4O3. The summed E-state index contributed by atoms with van der Waals surface area (Å²) in [5.41, 5.74) is 3.56. The number of benzene rings is 1. The van der Waals surface area contributed by atoms with Crippen molar-refractivity contribution in [3.8, 4) is 11.5 Å². The third-order valence-corrected chi connectivity index (χ3v) is 4.54. The van der Waals surface area contributed by atoms with Gasteiger partial charge in [-0.15, -0.1) is 0 Å². The summed E-state index contributed by atoms with van der Waals surface area (Å²) in [7, 11) is 16.7. The maximum Gasteiger partial charge on any atom is 0.290 e. The molecule has 1 amide bonds. The lowest BCUT2D eigenvalue weighted by Crippen LogP contribution is -2.28. The number of aryl methyl sites for hydroxylation is 2. The molecule has 0 spiro atoms. The van der Waals surface area contributed by atoms with Crippen LogP contribution in [0.4, 0.5) is 0 Å². The van der Waals surface area contributed by atoms with E-state index in [4.69, 9.17) is 32.6 Å². The van der Waals surface area contributed by atoms with Crippen LogP contribution in [-0.4, -0.2) is 44.7 Å². The Morgan fingerprint density at radius 3 is 2.78 bits per heavy atom. The van der Waals surface area contributed by atoms with Crippen LogP contribution in [0.3, 0.4) is 0 Å². The van der Waals surface area contributed by atoms with Crippen molar-refractivity contribution < 1.29 is 13.8 Å². The zero-order chi connectivity index (χ0) is 19.2. The summed E-state index contributed by atoms with van der Waals surface area (Å²) in [4.78, 5) is 16.5. The summed E-state index contributed by atoms with van der Waals surface area (Å²) in [6.07, 6.45) is 3.10. The highest BCUT2D eigenvalue weighted by Gasteiger charge is 2.27. The first-order valence-electron chi connectivity index (χ1n) is 8.39. The van der Waals surface area contributed by atoms with Crippen molar-refractivity contribution in [2.75, 3.05) is 0 Å². The Morgan fingerprint density at radius 1 is 1.30 bits per heavy atom. The van der Waals surface area contributed by atoms with Crippen molar-refractivity contribution in [2.45, 2.75) is 30.9 Å². The van der Waals surface area contributed by atoms with Gasteiger partial charge >= 0.3 is 0 Å². The molecule has 0 unspecified atom stereocenters. The van der Waals surface area contributed by atoms with Gasteiger partial charge in [0.2, 0.25) is 5.76 Å². The third-order valence-electron chi connectivity index (χ3n) is 4.54. The molecule has 1 aromatic carbocycles. The van der Waals surface area contributed by atoms with E-state index in [2.05, 4.69) is 20.6 Å². The molecule has 2 heterocycles. The van der Waals surface area contributed by atoms with Gasteiger partial charge in [0.05, 0.1) is 35.8 Å². The van der Waals surface area contributed by atoms with Gasteiger partial charge in [0.15, 0.2) is 5.82 Å². The van der Waals surface area contributed by atoms with E-state index in [1.807, 2.05) is 18.2 Å². The second kappa shape index (κ2) is 6.44. The summed E-state index contributed by atoms with van der Waals surface area (Å²) < 4.78 is 10.2. The van der Waals surface area contributed by atoms with Crippen LogP contribution in [0.15, 0.2) is 33.4 Å². The predicted octanol–water partition coefficient (Wildman–Crippen LogP) is 1.07. The highest BCUT2D eigenvalue weighted by atomic mass is 16.5. The lowest BCUT2D eigenvalue weighted by molar-refractivity contribution is 0.0898. The van der Waals surface area contributed by atoms with Gasteiger partial charge in [-0.25, -0.2) is 0 Å². The molecule has 0 aliphatic heterocycles. The van der Waals surface area contributed by atoms with Crippen molar-refractivity contribution >= 4 is 29.4 Å². The van der Waals surface area contributed by atoms with Crippen LogP contribution >= 0.6 is 0 Å². The lowest BCUT2D eigenvalue weighted by atomic mass is 9.42. The molecule has 10 heteroatoms. The molecule has 4 rings (SSSR count). The molecule has 0 bridgehead atoms. The number of hydrogen-bond acceptors (Lipinski definition) is 6. The number of fused-ring (bicyclic) bond motifs is 1. The van der Waals surface area contributed by atoms with Crippen molar-refractivity contribution in [3.63, 3.8) is 0 Å². The van der Waals surface area contributed by atoms with E-state index in [1.165, 1.54) is 6.20 Å². The molecule has 1 N–H and O–H groups in total. The molecule has 7 nitrogen and oxygen atoms in total.